The molecule has 0 aliphatic carbocycles. The van der Waals surface area contributed by atoms with Crippen LogP contribution in [0.2, 0.25) is 0 Å². The molecule has 1 unspecified atom stereocenters. The Kier molecular flexibility index (Phi) is 16.6. The van der Waals surface area contributed by atoms with Crippen LogP contribution in [0, 0.1) is 11.3 Å². The standard InChI is InChI=1S/C54H59N9O8/c55-35-37-12-16-43-42(33-37)44(20-24-57-43)56-23-19-36-11-13-39-34-40(15-14-38(39)32-36)52(68)62-28-26-61(27-29-62)49(66)10-5-3-1-2-4-6-22-59-47(64)21-30-71-31-25-58-45-9-7-8-41-50(45)54(70)63(53(41)69)46-17-18-48(65)60-51(46)67/h7-9,11-16,20,24,32-34,46,58H,1-6,10,17-19,21-23,25-31H2,(H,56,57)(H,59,64)(H,60,65,67). The molecule has 368 valence electrons. The zero-order valence-electron chi connectivity index (χ0n) is 39.8. The van der Waals surface area contributed by atoms with Crippen molar-refractivity contribution in [2.75, 3.05) is 69.7 Å². The van der Waals surface area contributed by atoms with Gasteiger partial charge in [-0.2, -0.15) is 5.26 Å². The van der Waals surface area contributed by atoms with Crippen LogP contribution >= 0.6 is 0 Å². The van der Waals surface area contributed by atoms with Crippen molar-refractivity contribution in [2.45, 2.75) is 76.7 Å². The number of hydrogen-bond acceptors (Lipinski definition) is 12. The number of piperidine rings is 1. The minimum atomic E-state index is -1.04. The first-order valence-electron chi connectivity index (χ1n) is 24.6. The highest BCUT2D eigenvalue weighted by Crippen LogP contribution is 2.32. The predicted molar refractivity (Wildman–Crippen MR) is 267 cm³/mol. The first kappa shape index (κ1) is 49.7. The van der Waals surface area contributed by atoms with Crippen molar-refractivity contribution >= 4 is 74.4 Å². The summed E-state index contributed by atoms with van der Waals surface area (Å²) >= 11 is 0. The molecule has 4 aromatic carbocycles. The van der Waals surface area contributed by atoms with E-state index in [9.17, 15) is 38.8 Å². The molecule has 5 aromatic rings. The van der Waals surface area contributed by atoms with E-state index in [0.717, 1.165) is 77.2 Å². The molecule has 17 nitrogen and oxygen atoms in total. The van der Waals surface area contributed by atoms with Crippen LogP contribution in [-0.4, -0.2) is 126 Å². The summed E-state index contributed by atoms with van der Waals surface area (Å²) in [4.78, 5) is 98.1. The topological polar surface area (TPSA) is 223 Å². The Hall–Kier alpha value is -7.71. The van der Waals surface area contributed by atoms with E-state index in [1.165, 1.54) is 11.6 Å². The summed E-state index contributed by atoms with van der Waals surface area (Å²) in [6.45, 7) is 4.15. The second-order valence-corrected chi connectivity index (χ2v) is 18.1. The van der Waals surface area contributed by atoms with Gasteiger partial charge in [-0.05, 0) is 90.6 Å². The number of imide groups is 2. The molecule has 3 aliphatic rings. The molecule has 7 amide bonds. The normalized spacial score (nSPS) is 15.7. The number of amides is 7. The van der Waals surface area contributed by atoms with Crippen LogP contribution in [0.15, 0.2) is 85.1 Å². The number of hydrogen-bond donors (Lipinski definition) is 4. The number of anilines is 2. The van der Waals surface area contributed by atoms with Crippen LogP contribution < -0.4 is 21.3 Å². The second kappa shape index (κ2) is 23.7. The first-order chi connectivity index (χ1) is 34.6. The van der Waals surface area contributed by atoms with Gasteiger partial charge < -0.3 is 30.5 Å². The van der Waals surface area contributed by atoms with Gasteiger partial charge in [0, 0.05) is 93.6 Å². The third kappa shape index (κ3) is 12.4. The Labute approximate surface area is 412 Å². The van der Waals surface area contributed by atoms with Gasteiger partial charge in [0.15, 0.2) is 0 Å². The molecular formula is C54H59N9O8. The van der Waals surface area contributed by atoms with Crippen molar-refractivity contribution in [1.82, 2.24) is 30.3 Å². The molecule has 0 bridgehead atoms. The van der Waals surface area contributed by atoms with Gasteiger partial charge in [0.05, 0.1) is 41.5 Å². The minimum absolute atomic E-state index is 0.0239. The lowest BCUT2D eigenvalue weighted by atomic mass is 10.0. The van der Waals surface area contributed by atoms with E-state index in [-0.39, 0.29) is 61.3 Å². The highest BCUT2D eigenvalue weighted by Gasteiger charge is 2.45. The zero-order valence-corrected chi connectivity index (χ0v) is 39.8. The van der Waals surface area contributed by atoms with Gasteiger partial charge in [-0.15, -0.1) is 0 Å². The van der Waals surface area contributed by atoms with E-state index in [1.807, 2.05) is 46.2 Å². The Balaban J connectivity index is 0.638. The molecule has 0 saturated carbocycles. The molecule has 71 heavy (non-hydrogen) atoms. The summed E-state index contributed by atoms with van der Waals surface area (Å²) in [5, 5.41) is 24.1. The molecular weight excluding hydrogens is 903 g/mol. The molecule has 2 saturated heterocycles. The van der Waals surface area contributed by atoms with Crippen molar-refractivity contribution < 1.29 is 38.3 Å². The Bertz CT molecular complexity index is 2870. The van der Waals surface area contributed by atoms with Crippen LogP contribution in [-0.2, 0) is 30.3 Å². The van der Waals surface area contributed by atoms with Crippen LogP contribution in [0.5, 0.6) is 0 Å². The van der Waals surface area contributed by atoms with Crippen LogP contribution in [0.4, 0.5) is 11.4 Å². The number of fused-ring (bicyclic) bond motifs is 3. The molecule has 8 rings (SSSR count). The van der Waals surface area contributed by atoms with E-state index in [2.05, 4.69) is 50.5 Å². The van der Waals surface area contributed by atoms with Crippen molar-refractivity contribution in [3.63, 3.8) is 0 Å². The molecule has 4 N–H and O–H groups in total. The summed E-state index contributed by atoms with van der Waals surface area (Å²) in [5.41, 5.74) is 5.00. The largest absolute Gasteiger partial charge is 0.384 e. The number of rotatable bonds is 22. The summed E-state index contributed by atoms with van der Waals surface area (Å²) in [6.07, 6.45) is 9.04. The van der Waals surface area contributed by atoms with Crippen molar-refractivity contribution in [3.8, 4) is 6.07 Å². The number of nitriles is 1. The quantitative estimate of drug-likeness (QED) is 0.0466. The smallest absolute Gasteiger partial charge is 0.264 e. The first-order valence-corrected chi connectivity index (χ1v) is 24.6. The van der Waals surface area contributed by atoms with Crippen LogP contribution in [0.3, 0.4) is 0 Å². The van der Waals surface area contributed by atoms with Gasteiger partial charge in [-0.3, -0.25) is 48.8 Å². The number of aromatic nitrogens is 1. The third-order valence-corrected chi connectivity index (χ3v) is 13.3. The van der Waals surface area contributed by atoms with E-state index in [0.29, 0.717) is 69.0 Å². The fourth-order valence-corrected chi connectivity index (χ4v) is 9.41. The molecule has 17 heteroatoms. The molecule has 0 spiro atoms. The Morgan fingerprint density at radius 1 is 0.746 bits per heavy atom. The van der Waals surface area contributed by atoms with Gasteiger partial charge in [0.2, 0.25) is 23.6 Å². The number of carbonyl (C=O) groups is 7. The van der Waals surface area contributed by atoms with Crippen molar-refractivity contribution in [3.05, 3.63) is 113 Å². The van der Waals surface area contributed by atoms with Crippen LogP contribution in [0.25, 0.3) is 21.7 Å². The number of unbranched alkanes of at least 4 members (excludes halogenated alkanes) is 5. The lowest BCUT2D eigenvalue weighted by molar-refractivity contribution is -0.136. The average molecular weight is 962 g/mol. The summed E-state index contributed by atoms with van der Waals surface area (Å²) in [5.74, 6) is -2.24. The van der Waals surface area contributed by atoms with E-state index in [1.54, 1.807) is 24.4 Å². The maximum Gasteiger partial charge on any atom is 0.264 e. The number of ether oxygens (including phenoxy) is 1. The highest BCUT2D eigenvalue weighted by atomic mass is 16.5. The second-order valence-electron chi connectivity index (χ2n) is 18.1. The third-order valence-electron chi connectivity index (χ3n) is 13.3. The number of piperazine rings is 1. The van der Waals surface area contributed by atoms with Gasteiger partial charge >= 0.3 is 0 Å². The van der Waals surface area contributed by atoms with E-state index >= 15 is 0 Å². The molecule has 1 atom stereocenters. The minimum Gasteiger partial charge on any atom is -0.384 e. The van der Waals surface area contributed by atoms with Gasteiger partial charge in [0.1, 0.15) is 6.04 Å². The zero-order chi connectivity index (χ0) is 49.7. The molecule has 2 fully saturated rings. The number of benzene rings is 4. The number of nitrogens with one attached hydrogen (secondary N) is 4. The lowest BCUT2D eigenvalue weighted by Crippen LogP contribution is -2.54. The monoisotopic (exact) mass is 961 g/mol. The van der Waals surface area contributed by atoms with Crippen molar-refractivity contribution in [1.29, 1.82) is 5.26 Å². The number of carbonyl (C=O) groups excluding carboxylic acids is 7. The van der Waals surface area contributed by atoms with Gasteiger partial charge in [0.25, 0.3) is 17.7 Å². The van der Waals surface area contributed by atoms with E-state index < -0.39 is 29.7 Å². The summed E-state index contributed by atoms with van der Waals surface area (Å²) in [6, 6.07) is 25.6. The molecule has 3 aliphatic heterocycles. The lowest BCUT2D eigenvalue weighted by Gasteiger charge is -2.35. The fourth-order valence-electron chi connectivity index (χ4n) is 9.41. The molecule has 4 heterocycles. The van der Waals surface area contributed by atoms with Gasteiger partial charge in [-0.1, -0.05) is 56.0 Å². The number of pyridine rings is 1. The van der Waals surface area contributed by atoms with E-state index in [4.69, 9.17) is 4.74 Å². The SMILES string of the molecule is N#Cc1ccc2nccc(NCCc3ccc4cc(C(=O)N5CCN(C(=O)CCCCCCCCNC(=O)CCOCCNc6cccc7c6C(=O)N(C6CCC(=O)NC6=O)C7=O)CC5)ccc4c3)c2c1. The summed E-state index contributed by atoms with van der Waals surface area (Å²) in [7, 11) is 0. The number of nitrogens with zero attached hydrogens (tertiary/aromatic N) is 5. The molecule has 1 aromatic heterocycles. The van der Waals surface area contributed by atoms with Crippen LogP contribution in [0.1, 0.15) is 106 Å². The average Bonchev–Trinajstić information content (AvgIpc) is 3.64. The fraction of sp³-hybridized carbons (Fsp3) is 0.389. The maximum absolute atomic E-state index is 13.5. The Morgan fingerprint density at radius 3 is 2.32 bits per heavy atom. The molecule has 0 radical (unpaired) electrons. The predicted octanol–water partition coefficient (Wildman–Crippen LogP) is 5.97. The summed E-state index contributed by atoms with van der Waals surface area (Å²) < 4.78 is 5.62. The van der Waals surface area contributed by atoms with Crippen molar-refractivity contribution in [2.24, 2.45) is 0 Å². The highest BCUT2D eigenvalue weighted by molar-refractivity contribution is 6.25. The Morgan fingerprint density at radius 2 is 1.51 bits per heavy atom. The van der Waals surface area contributed by atoms with Gasteiger partial charge in [-0.25, -0.2) is 0 Å². The maximum atomic E-state index is 13.5.